The summed E-state index contributed by atoms with van der Waals surface area (Å²) >= 11 is 1.43. The van der Waals surface area contributed by atoms with Gasteiger partial charge >= 0.3 is 5.69 Å². The van der Waals surface area contributed by atoms with E-state index in [1.54, 1.807) is 10.8 Å². The summed E-state index contributed by atoms with van der Waals surface area (Å²) in [5.41, 5.74) is 1.97. The zero-order chi connectivity index (χ0) is 18.5. The zero-order valence-corrected chi connectivity index (χ0v) is 15.4. The second-order valence-electron chi connectivity index (χ2n) is 5.97. The molecule has 2 heterocycles. The topological polar surface area (TPSA) is 76.7 Å². The Morgan fingerprint density at radius 2 is 1.78 bits per heavy atom. The summed E-state index contributed by atoms with van der Waals surface area (Å²) in [6.07, 6.45) is 2.49. The van der Waals surface area contributed by atoms with Crippen LogP contribution in [-0.2, 0) is 18.7 Å². The minimum absolute atomic E-state index is 0.203. The van der Waals surface area contributed by atoms with Crippen molar-refractivity contribution < 1.29 is 4.42 Å². The first kappa shape index (κ1) is 17.4. The largest absolute Gasteiger partial charge is 0.440 e. The molecule has 0 atom stereocenters. The average Bonchev–Trinajstić information content (AvgIpc) is 3.33. The van der Waals surface area contributed by atoms with Gasteiger partial charge in [-0.25, -0.2) is 14.9 Å². The van der Waals surface area contributed by atoms with E-state index in [0.29, 0.717) is 23.3 Å². The number of aromatic amines is 1. The molecule has 136 valence electrons. The molecule has 0 aliphatic carbocycles. The van der Waals surface area contributed by atoms with Crippen LogP contribution in [0.1, 0.15) is 11.5 Å². The first-order chi connectivity index (χ1) is 13.3. The standard InChI is InChI=1S/C20H18N4O2S/c25-19-22-23-20(24(19)12-11-15-7-3-1-4-8-15)27-14-18-21-13-17(26-18)16-9-5-2-6-10-16/h1-10,13H,11-12,14H2,(H,22,25). The highest BCUT2D eigenvalue weighted by Crippen LogP contribution is 2.24. The van der Waals surface area contributed by atoms with E-state index >= 15 is 0 Å². The molecule has 2 aromatic heterocycles. The van der Waals surface area contributed by atoms with Crippen molar-refractivity contribution >= 4 is 11.8 Å². The summed E-state index contributed by atoms with van der Waals surface area (Å²) in [4.78, 5) is 16.4. The summed E-state index contributed by atoms with van der Waals surface area (Å²) in [5, 5.41) is 7.29. The summed E-state index contributed by atoms with van der Waals surface area (Å²) in [5.74, 6) is 1.83. The molecule has 27 heavy (non-hydrogen) atoms. The number of rotatable bonds is 7. The van der Waals surface area contributed by atoms with Gasteiger partial charge < -0.3 is 4.42 Å². The lowest BCUT2D eigenvalue weighted by Crippen LogP contribution is -2.18. The van der Waals surface area contributed by atoms with Gasteiger partial charge in [-0.2, -0.15) is 0 Å². The van der Waals surface area contributed by atoms with Crippen LogP contribution in [0, 0.1) is 0 Å². The summed E-state index contributed by atoms with van der Waals surface area (Å²) in [6.45, 7) is 0.572. The summed E-state index contributed by atoms with van der Waals surface area (Å²) in [6, 6.07) is 19.9. The van der Waals surface area contributed by atoms with Gasteiger partial charge in [-0.15, -0.1) is 5.10 Å². The molecule has 0 aliphatic heterocycles. The maximum Gasteiger partial charge on any atom is 0.343 e. The Kier molecular flexibility index (Phi) is 5.20. The first-order valence-corrected chi connectivity index (χ1v) is 9.60. The zero-order valence-electron chi connectivity index (χ0n) is 14.5. The molecule has 0 saturated carbocycles. The van der Waals surface area contributed by atoms with E-state index in [2.05, 4.69) is 27.3 Å². The van der Waals surface area contributed by atoms with Gasteiger partial charge in [-0.3, -0.25) is 4.57 Å². The number of benzene rings is 2. The fourth-order valence-corrected chi connectivity index (χ4v) is 3.56. The van der Waals surface area contributed by atoms with E-state index in [1.807, 2.05) is 48.5 Å². The first-order valence-electron chi connectivity index (χ1n) is 8.61. The maximum absolute atomic E-state index is 12.1. The van der Waals surface area contributed by atoms with Gasteiger partial charge in [0.05, 0.1) is 11.9 Å². The molecule has 0 amide bonds. The number of thioether (sulfide) groups is 1. The molecule has 6 nitrogen and oxygen atoms in total. The van der Waals surface area contributed by atoms with Crippen molar-refractivity contribution in [3.63, 3.8) is 0 Å². The number of nitrogens with one attached hydrogen (secondary N) is 1. The Bertz CT molecular complexity index is 1050. The van der Waals surface area contributed by atoms with Gasteiger partial charge in [0.1, 0.15) is 0 Å². The van der Waals surface area contributed by atoms with Gasteiger partial charge in [0, 0.05) is 12.1 Å². The van der Waals surface area contributed by atoms with Gasteiger partial charge in [-0.1, -0.05) is 72.4 Å². The van der Waals surface area contributed by atoms with Crippen molar-refractivity contribution in [2.24, 2.45) is 0 Å². The Hall–Kier alpha value is -3.06. The predicted molar refractivity (Wildman–Crippen MR) is 104 cm³/mol. The van der Waals surface area contributed by atoms with Crippen LogP contribution in [-0.4, -0.2) is 19.7 Å². The number of aryl methyl sites for hydroxylation is 1. The van der Waals surface area contributed by atoms with E-state index in [-0.39, 0.29) is 5.69 Å². The van der Waals surface area contributed by atoms with Gasteiger partial charge in [0.25, 0.3) is 0 Å². The van der Waals surface area contributed by atoms with Crippen LogP contribution in [0.5, 0.6) is 0 Å². The number of H-pyrrole nitrogens is 1. The lowest BCUT2D eigenvalue weighted by atomic mass is 10.1. The van der Waals surface area contributed by atoms with Crippen LogP contribution in [0.15, 0.2) is 81.2 Å². The van der Waals surface area contributed by atoms with E-state index in [1.165, 1.54) is 17.3 Å². The highest BCUT2D eigenvalue weighted by molar-refractivity contribution is 7.98. The fourth-order valence-electron chi connectivity index (χ4n) is 2.74. The van der Waals surface area contributed by atoms with Gasteiger partial charge in [0.15, 0.2) is 10.9 Å². The number of aromatic nitrogens is 4. The second kappa shape index (κ2) is 8.09. The number of hydrogen-bond acceptors (Lipinski definition) is 5. The molecule has 7 heteroatoms. The van der Waals surface area contributed by atoms with Crippen molar-refractivity contribution in [2.75, 3.05) is 0 Å². The SMILES string of the molecule is O=c1[nH]nc(SCc2ncc(-c3ccccc3)o2)n1CCc1ccccc1. The summed E-state index contributed by atoms with van der Waals surface area (Å²) in [7, 11) is 0. The Labute approximate surface area is 160 Å². The third kappa shape index (κ3) is 4.20. The number of oxazole rings is 1. The minimum Gasteiger partial charge on any atom is -0.440 e. The third-order valence-electron chi connectivity index (χ3n) is 4.13. The van der Waals surface area contributed by atoms with E-state index in [9.17, 15) is 4.79 Å². The minimum atomic E-state index is -0.203. The second-order valence-corrected chi connectivity index (χ2v) is 6.91. The Morgan fingerprint density at radius 3 is 2.56 bits per heavy atom. The molecule has 2 aromatic carbocycles. The highest BCUT2D eigenvalue weighted by atomic mass is 32.2. The van der Waals surface area contributed by atoms with Gasteiger partial charge in [0.2, 0.25) is 5.89 Å². The quantitative estimate of drug-likeness (QED) is 0.496. The normalized spacial score (nSPS) is 11.0. The molecule has 0 saturated heterocycles. The summed E-state index contributed by atoms with van der Waals surface area (Å²) < 4.78 is 7.46. The van der Waals surface area contributed by atoms with Crippen molar-refractivity contribution in [1.82, 2.24) is 19.7 Å². The molecule has 0 aliphatic rings. The highest BCUT2D eigenvalue weighted by Gasteiger charge is 2.12. The van der Waals surface area contributed by atoms with Crippen LogP contribution in [0.25, 0.3) is 11.3 Å². The molecule has 0 radical (unpaired) electrons. The average molecular weight is 378 g/mol. The molecule has 1 N–H and O–H groups in total. The molecule has 0 bridgehead atoms. The van der Waals surface area contributed by atoms with Crippen LogP contribution in [0.4, 0.5) is 0 Å². The smallest absolute Gasteiger partial charge is 0.343 e. The van der Waals surface area contributed by atoms with Crippen LogP contribution in [0.3, 0.4) is 0 Å². The molecule has 4 aromatic rings. The Morgan fingerprint density at radius 1 is 1.04 bits per heavy atom. The third-order valence-corrected chi connectivity index (χ3v) is 5.09. The van der Waals surface area contributed by atoms with Crippen molar-refractivity contribution in [2.45, 2.75) is 23.9 Å². The molecular weight excluding hydrogens is 360 g/mol. The molecular formula is C20H18N4O2S. The molecule has 0 unspecified atom stereocenters. The molecule has 0 fully saturated rings. The molecule has 0 spiro atoms. The predicted octanol–water partition coefficient (Wildman–Crippen LogP) is 3.76. The van der Waals surface area contributed by atoms with Gasteiger partial charge in [-0.05, 0) is 12.0 Å². The maximum atomic E-state index is 12.1. The fraction of sp³-hybridized carbons (Fsp3) is 0.150. The van der Waals surface area contributed by atoms with Crippen molar-refractivity contribution in [1.29, 1.82) is 0 Å². The lowest BCUT2D eigenvalue weighted by molar-refractivity contribution is 0.529. The lowest BCUT2D eigenvalue weighted by Gasteiger charge is -2.05. The number of nitrogens with zero attached hydrogens (tertiary/aromatic N) is 3. The van der Waals surface area contributed by atoms with Crippen molar-refractivity contribution in [3.8, 4) is 11.3 Å². The number of hydrogen-bond donors (Lipinski definition) is 1. The monoisotopic (exact) mass is 378 g/mol. The van der Waals surface area contributed by atoms with E-state index < -0.39 is 0 Å². The molecule has 4 rings (SSSR count). The van der Waals surface area contributed by atoms with Crippen LogP contribution >= 0.6 is 11.8 Å². The Balaban J connectivity index is 1.42. The van der Waals surface area contributed by atoms with Crippen LogP contribution in [0.2, 0.25) is 0 Å². The van der Waals surface area contributed by atoms with E-state index in [0.717, 1.165) is 17.7 Å². The van der Waals surface area contributed by atoms with Crippen molar-refractivity contribution in [3.05, 3.63) is 88.8 Å². The van der Waals surface area contributed by atoms with E-state index in [4.69, 9.17) is 4.42 Å². The van der Waals surface area contributed by atoms with Crippen LogP contribution < -0.4 is 5.69 Å².